The van der Waals surface area contributed by atoms with Gasteiger partial charge in [0.05, 0.1) is 18.4 Å². The van der Waals surface area contributed by atoms with Crippen molar-refractivity contribution in [2.45, 2.75) is 6.61 Å². The van der Waals surface area contributed by atoms with Crippen LogP contribution in [0.4, 0.5) is 0 Å². The summed E-state index contributed by atoms with van der Waals surface area (Å²) in [6.07, 6.45) is 1.53. The SMILES string of the molecule is COc1cccc(-c2nc(COC(=O)c3ccn(C)c(=O)c3)cs2)c1. The number of benzene rings is 1. The van der Waals surface area contributed by atoms with Crippen molar-refractivity contribution < 1.29 is 14.3 Å². The molecule has 2 aromatic heterocycles. The summed E-state index contributed by atoms with van der Waals surface area (Å²) in [4.78, 5) is 28.1. The van der Waals surface area contributed by atoms with E-state index in [9.17, 15) is 9.59 Å². The quantitative estimate of drug-likeness (QED) is 0.658. The molecule has 0 aliphatic rings. The van der Waals surface area contributed by atoms with E-state index < -0.39 is 5.97 Å². The number of pyridine rings is 1. The predicted octanol–water partition coefficient (Wildman–Crippen LogP) is 2.87. The molecule has 0 bridgehead atoms. The van der Waals surface area contributed by atoms with E-state index in [1.54, 1.807) is 20.2 Å². The molecule has 25 heavy (non-hydrogen) atoms. The van der Waals surface area contributed by atoms with Gasteiger partial charge in [-0.15, -0.1) is 11.3 Å². The highest BCUT2D eigenvalue weighted by molar-refractivity contribution is 7.13. The number of hydrogen-bond donors (Lipinski definition) is 0. The van der Waals surface area contributed by atoms with Crippen LogP contribution in [0.15, 0.2) is 52.8 Å². The standard InChI is InChI=1S/C18H16N2O4S/c1-20-7-6-13(9-16(20)21)18(22)24-10-14-11-25-17(19-14)12-4-3-5-15(8-12)23-2/h3-9,11H,10H2,1-2H3. The van der Waals surface area contributed by atoms with Crippen molar-refractivity contribution in [1.29, 1.82) is 0 Å². The number of aromatic nitrogens is 2. The van der Waals surface area contributed by atoms with Crippen LogP contribution < -0.4 is 10.3 Å². The van der Waals surface area contributed by atoms with Crippen molar-refractivity contribution in [3.8, 4) is 16.3 Å². The van der Waals surface area contributed by atoms with Gasteiger partial charge in [0.25, 0.3) is 5.56 Å². The number of hydrogen-bond acceptors (Lipinski definition) is 6. The topological polar surface area (TPSA) is 70.4 Å². The Morgan fingerprint density at radius 1 is 1.28 bits per heavy atom. The average molecular weight is 356 g/mol. The largest absolute Gasteiger partial charge is 0.497 e. The Morgan fingerprint density at radius 3 is 2.88 bits per heavy atom. The van der Waals surface area contributed by atoms with Gasteiger partial charge < -0.3 is 14.0 Å². The van der Waals surface area contributed by atoms with Gasteiger partial charge in [-0.3, -0.25) is 4.79 Å². The molecule has 0 fully saturated rings. The minimum absolute atomic E-state index is 0.0501. The third-order valence-electron chi connectivity index (χ3n) is 3.56. The Balaban J connectivity index is 1.68. The first-order valence-electron chi connectivity index (χ1n) is 7.49. The molecular weight excluding hydrogens is 340 g/mol. The monoisotopic (exact) mass is 356 g/mol. The highest BCUT2D eigenvalue weighted by Crippen LogP contribution is 2.27. The van der Waals surface area contributed by atoms with Crippen LogP contribution in [-0.4, -0.2) is 22.6 Å². The minimum atomic E-state index is -0.548. The van der Waals surface area contributed by atoms with Gasteiger partial charge in [-0.1, -0.05) is 12.1 Å². The second-order valence-electron chi connectivity index (χ2n) is 5.32. The van der Waals surface area contributed by atoms with E-state index in [0.29, 0.717) is 5.69 Å². The molecule has 3 rings (SSSR count). The zero-order chi connectivity index (χ0) is 17.8. The molecule has 0 atom stereocenters. The van der Waals surface area contributed by atoms with Crippen molar-refractivity contribution in [3.63, 3.8) is 0 Å². The van der Waals surface area contributed by atoms with Gasteiger partial charge in [-0.05, 0) is 18.2 Å². The maximum Gasteiger partial charge on any atom is 0.338 e. The highest BCUT2D eigenvalue weighted by Gasteiger charge is 2.11. The molecule has 3 aromatic rings. The summed E-state index contributed by atoms with van der Waals surface area (Å²) in [7, 11) is 3.23. The molecule has 0 saturated carbocycles. The lowest BCUT2D eigenvalue weighted by molar-refractivity contribution is 0.0468. The number of ether oxygens (including phenoxy) is 2. The number of thiazole rings is 1. The van der Waals surface area contributed by atoms with Crippen LogP contribution in [0.2, 0.25) is 0 Å². The van der Waals surface area contributed by atoms with Gasteiger partial charge in [0.2, 0.25) is 0 Å². The lowest BCUT2D eigenvalue weighted by atomic mass is 10.2. The number of aryl methyl sites for hydroxylation is 1. The number of carbonyl (C=O) groups excluding carboxylic acids is 1. The van der Waals surface area contributed by atoms with Crippen LogP contribution in [0.1, 0.15) is 16.1 Å². The summed E-state index contributed by atoms with van der Waals surface area (Å²) >= 11 is 1.46. The van der Waals surface area contributed by atoms with Crippen LogP contribution in [0.25, 0.3) is 10.6 Å². The van der Waals surface area contributed by atoms with Crippen LogP contribution in [0, 0.1) is 0 Å². The van der Waals surface area contributed by atoms with Gasteiger partial charge in [0, 0.05) is 30.3 Å². The average Bonchev–Trinajstić information content (AvgIpc) is 3.11. The first kappa shape index (κ1) is 16.9. The second-order valence-corrected chi connectivity index (χ2v) is 6.17. The van der Waals surface area contributed by atoms with Gasteiger partial charge in [0.1, 0.15) is 17.4 Å². The first-order chi connectivity index (χ1) is 12.1. The minimum Gasteiger partial charge on any atom is -0.497 e. The summed E-state index contributed by atoms with van der Waals surface area (Å²) in [6.45, 7) is 0.0501. The third-order valence-corrected chi connectivity index (χ3v) is 4.50. The van der Waals surface area contributed by atoms with Gasteiger partial charge in [0.15, 0.2) is 0 Å². The van der Waals surface area contributed by atoms with Crippen molar-refractivity contribution in [3.05, 3.63) is 69.6 Å². The third kappa shape index (κ3) is 3.95. The van der Waals surface area contributed by atoms with Crippen LogP contribution >= 0.6 is 11.3 Å². The van der Waals surface area contributed by atoms with Crippen LogP contribution in [-0.2, 0) is 18.4 Å². The summed E-state index contributed by atoms with van der Waals surface area (Å²) < 4.78 is 11.8. The molecule has 0 N–H and O–H groups in total. The van der Waals surface area contributed by atoms with Crippen LogP contribution in [0.5, 0.6) is 5.75 Å². The zero-order valence-electron chi connectivity index (χ0n) is 13.8. The number of rotatable bonds is 5. The summed E-state index contributed by atoms with van der Waals surface area (Å²) in [5, 5.41) is 2.66. The van der Waals surface area contributed by atoms with E-state index in [2.05, 4.69) is 4.98 Å². The Labute approximate surface area is 148 Å². The molecule has 0 aliphatic carbocycles. The Morgan fingerprint density at radius 2 is 2.12 bits per heavy atom. The summed E-state index contributed by atoms with van der Waals surface area (Å²) in [5.41, 5.74) is 1.56. The Hall–Kier alpha value is -2.93. The molecule has 2 heterocycles. The van der Waals surface area contributed by atoms with E-state index in [-0.39, 0.29) is 17.7 Å². The zero-order valence-corrected chi connectivity index (χ0v) is 14.6. The normalized spacial score (nSPS) is 10.5. The molecule has 0 unspecified atom stereocenters. The molecule has 6 nitrogen and oxygen atoms in total. The van der Waals surface area contributed by atoms with E-state index in [1.807, 2.05) is 29.6 Å². The predicted molar refractivity (Wildman–Crippen MR) is 94.9 cm³/mol. The lowest BCUT2D eigenvalue weighted by Crippen LogP contribution is -2.17. The number of methoxy groups -OCH3 is 1. The van der Waals surface area contributed by atoms with Gasteiger partial charge >= 0.3 is 5.97 Å². The molecular formula is C18H16N2O4S. The molecule has 128 valence electrons. The molecule has 0 saturated heterocycles. The molecule has 0 radical (unpaired) electrons. The summed E-state index contributed by atoms with van der Waals surface area (Å²) in [6, 6.07) is 10.4. The van der Waals surface area contributed by atoms with Crippen molar-refractivity contribution in [2.75, 3.05) is 7.11 Å². The van der Waals surface area contributed by atoms with Crippen molar-refractivity contribution in [2.24, 2.45) is 7.05 Å². The van der Waals surface area contributed by atoms with Gasteiger partial charge in [-0.25, -0.2) is 9.78 Å². The molecule has 0 aliphatic heterocycles. The molecule has 0 amide bonds. The van der Waals surface area contributed by atoms with Crippen LogP contribution in [0.3, 0.4) is 0 Å². The van der Waals surface area contributed by atoms with E-state index >= 15 is 0 Å². The number of carbonyl (C=O) groups is 1. The number of esters is 1. The van der Waals surface area contributed by atoms with Gasteiger partial charge in [-0.2, -0.15) is 0 Å². The van der Waals surface area contributed by atoms with E-state index in [1.165, 1.54) is 28.2 Å². The first-order valence-corrected chi connectivity index (χ1v) is 8.37. The maximum absolute atomic E-state index is 12.0. The molecule has 7 heteroatoms. The van der Waals surface area contributed by atoms with E-state index in [4.69, 9.17) is 9.47 Å². The summed E-state index contributed by atoms with van der Waals surface area (Å²) in [5.74, 6) is 0.208. The fraction of sp³-hybridized carbons (Fsp3) is 0.167. The Kier molecular flexibility index (Phi) is 4.95. The lowest BCUT2D eigenvalue weighted by Gasteiger charge is -2.04. The Bertz CT molecular complexity index is 961. The van der Waals surface area contributed by atoms with E-state index in [0.717, 1.165) is 16.3 Å². The van der Waals surface area contributed by atoms with Crippen molar-refractivity contribution in [1.82, 2.24) is 9.55 Å². The smallest absolute Gasteiger partial charge is 0.338 e. The fourth-order valence-corrected chi connectivity index (χ4v) is 2.96. The highest BCUT2D eigenvalue weighted by atomic mass is 32.1. The number of nitrogens with zero attached hydrogens (tertiary/aromatic N) is 2. The second kappa shape index (κ2) is 7.31. The maximum atomic E-state index is 12.0. The fourth-order valence-electron chi connectivity index (χ4n) is 2.16. The van der Waals surface area contributed by atoms with Crippen molar-refractivity contribution >= 4 is 17.3 Å². The molecule has 0 spiro atoms. The molecule has 1 aromatic carbocycles.